The molecule has 0 fully saturated rings. The highest BCUT2D eigenvalue weighted by Crippen LogP contribution is 2.27. The molecule has 194 valence electrons. The summed E-state index contributed by atoms with van der Waals surface area (Å²) in [6, 6.07) is 9.58. The molecule has 0 unspecified atom stereocenters. The van der Waals surface area contributed by atoms with Gasteiger partial charge in [-0.15, -0.1) is 0 Å². The van der Waals surface area contributed by atoms with Crippen molar-refractivity contribution >= 4 is 29.2 Å². The minimum absolute atomic E-state index is 0.0185. The van der Waals surface area contributed by atoms with Gasteiger partial charge in [-0.05, 0) is 31.2 Å². The third-order valence-corrected chi connectivity index (χ3v) is 6.23. The first kappa shape index (κ1) is 26.9. The molecule has 0 aliphatic carbocycles. The van der Waals surface area contributed by atoms with Gasteiger partial charge in [-0.3, -0.25) is 9.59 Å². The Morgan fingerprint density at radius 1 is 1.11 bits per heavy atom. The first-order valence-electron chi connectivity index (χ1n) is 11.8. The Kier molecular flexibility index (Phi) is 8.87. The number of nitrogens with zero attached hydrogens (tertiary/aromatic N) is 2. The first-order valence-corrected chi connectivity index (χ1v) is 11.8. The highest BCUT2D eigenvalue weighted by atomic mass is 19.1. The summed E-state index contributed by atoms with van der Waals surface area (Å²) in [5.41, 5.74) is 0.696. The Balaban J connectivity index is 1.88. The molecule has 2 aromatic rings. The van der Waals surface area contributed by atoms with E-state index in [9.17, 15) is 18.8 Å². The van der Waals surface area contributed by atoms with Gasteiger partial charge >= 0.3 is 6.03 Å². The molecular formula is C26H33FN4O5. The number of amides is 4. The van der Waals surface area contributed by atoms with Gasteiger partial charge in [-0.2, -0.15) is 0 Å². The number of para-hydroxylation sites is 1. The van der Waals surface area contributed by atoms with Crippen LogP contribution in [0.5, 0.6) is 5.75 Å². The van der Waals surface area contributed by atoms with E-state index in [2.05, 4.69) is 10.6 Å². The minimum atomic E-state index is -0.648. The fourth-order valence-electron chi connectivity index (χ4n) is 4.14. The predicted molar refractivity (Wildman–Crippen MR) is 135 cm³/mol. The van der Waals surface area contributed by atoms with E-state index in [1.165, 1.54) is 31.2 Å². The second-order valence-electron chi connectivity index (χ2n) is 9.04. The molecule has 4 amide bonds. The molecule has 1 heterocycles. The largest absolute Gasteiger partial charge is 0.491 e. The molecule has 3 atom stereocenters. The quantitative estimate of drug-likeness (QED) is 0.668. The van der Waals surface area contributed by atoms with Crippen molar-refractivity contribution < 1.29 is 28.2 Å². The van der Waals surface area contributed by atoms with Crippen molar-refractivity contribution in [2.45, 2.75) is 32.9 Å². The summed E-state index contributed by atoms with van der Waals surface area (Å²) >= 11 is 0. The fourth-order valence-corrected chi connectivity index (χ4v) is 4.14. The summed E-state index contributed by atoms with van der Waals surface area (Å²) in [5, 5.41) is 5.09. The highest BCUT2D eigenvalue weighted by molar-refractivity contribution is 6.01. The van der Waals surface area contributed by atoms with Gasteiger partial charge in [-0.1, -0.05) is 19.1 Å². The van der Waals surface area contributed by atoms with E-state index in [4.69, 9.17) is 9.47 Å². The number of benzene rings is 2. The monoisotopic (exact) mass is 500 g/mol. The summed E-state index contributed by atoms with van der Waals surface area (Å²) in [4.78, 5) is 41.3. The molecule has 2 aromatic carbocycles. The van der Waals surface area contributed by atoms with E-state index in [0.29, 0.717) is 24.3 Å². The standard InChI is InChI=1S/C26H33FN4O5/c1-16-13-31(18(3)32)17(2)15-36-23-12-19(28-26(34)29-22-9-7-6-8-21(22)27)10-11-20(23)25(33)30(4)14-24(16)35-5/h6-12,16-17,24H,13-15H2,1-5H3,(H2,28,29,34)/t16-,17+,24-/m0/s1. The molecular weight excluding hydrogens is 467 g/mol. The van der Waals surface area contributed by atoms with Crippen LogP contribution in [0.1, 0.15) is 31.1 Å². The van der Waals surface area contributed by atoms with Gasteiger partial charge in [0.25, 0.3) is 5.91 Å². The van der Waals surface area contributed by atoms with Crippen LogP contribution in [0.15, 0.2) is 42.5 Å². The van der Waals surface area contributed by atoms with Gasteiger partial charge in [0.05, 0.1) is 23.4 Å². The molecule has 10 heteroatoms. The summed E-state index contributed by atoms with van der Waals surface area (Å²) < 4.78 is 25.5. The lowest BCUT2D eigenvalue weighted by molar-refractivity contribution is -0.133. The number of hydrogen-bond donors (Lipinski definition) is 2. The molecule has 0 aromatic heterocycles. The molecule has 3 rings (SSSR count). The van der Waals surface area contributed by atoms with Crippen molar-refractivity contribution in [3.05, 3.63) is 53.8 Å². The van der Waals surface area contributed by atoms with Gasteiger partial charge in [0.2, 0.25) is 5.91 Å². The molecule has 0 saturated heterocycles. The van der Waals surface area contributed by atoms with Crippen LogP contribution in [0.25, 0.3) is 0 Å². The molecule has 0 saturated carbocycles. The number of carbonyl (C=O) groups is 3. The zero-order chi connectivity index (χ0) is 26.4. The summed E-state index contributed by atoms with van der Waals surface area (Å²) in [6.45, 7) is 6.28. The zero-order valence-corrected chi connectivity index (χ0v) is 21.2. The van der Waals surface area contributed by atoms with Crippen LogP contribution in [0, 0.1) is 11.7 Å². The molecule has 0 radical (unpaired) electrons. The van der Waals surface area contributed by atoms with Crippen molar-refractivity contribution in [1.82, 2.24) is 9.80 Å². The number of ether oxygens (including phenoxy) is 2. The van der Waals surface area contributed by atoms with Gasteiger partial charge in [-0.25, -0.2) is 9.18 Å². The second kappa shape index (κ2) is 11.9. The zero-order valence-electron chi connectivity index (χ0n) is 21.2. The van der Waals surface area contributed by atoms with Crippen LogP contribution in [0.3, 0.4) is 0 Å². The number of hydrogen-bond acceptors (Lipinski definition) is 5. The average Bonchev–Trinajstić information content (AvgIpc) is 2.84. The maximum Gasteiger partial charge on any atom is 0.323 e. The smallest absolute Gasteiger partial charge is 0.323 e. The maximum atomic E-state index is 13.9. The van der Waals surface area contributed by atoms with E-state index in [1.54, 1.807) is 42.2 Å². The third kappa shape index (κ3) is 6.51. The fraction of sp³-hybridized carbons (Fsp3) is 0.423. The number of rotatable bonds is 3. The molecule has 0 spiro atoms. The minimum Gasteiger partial charge on any atom is -0.491 e. The molecule has 2 N–H and O–H groups in total. The van der Waals surface area contributed by atoms with Crippen molar-refractivity contribution in [2.24, 2.45) is 5.92 Å². The lowest BCUT2D eigenvalue weighted by Gasteiger charge is -2.35. The molecule has 1 aliphatic heterocycles. The molecule has 1 aliphatic rings. The average molecular weight is 501 g/mol. The van der Waals surface area contributed by atoms with Crippen molar-refractivity contribution in [2.75, 3.05) is 44.5 Å². The van der Waals surface area contributed by atoms with Gasteiger partial charge in [0, 0.05) is 51.8 Å². The van der Waals surface area contributed by atoms with Crippen LogP contribution in [0.2, 0.25) is 0 Å². The molecule has 0 bridgehead atoms. The Bertz CT molecular complexity index is 1110. The van der Waals surface area contributed by atoms with E-state index in [-0.39, 0.29) is 47.9 Å². The number of fused-ring (bicyclic) bond motifs is 1. The Morgan fingerprint density at radius 3 is 2.50 bits per heavy atom. The Labute approximate surface area is 210 Å². The molecule has 9 nitrogen and oxygen atoms in total. The second-order valence-corrected chi connectivity index (χ2v) is 9.04. The van der Waals surface area contributed by atoms with Gasteiger partial charge < -0.3 is 29.9 Å². The van der Waals surface area contributed by atoms with Crippen molar-refractivity contribution in [1.29, 1.82) is 0 Å². The number of methoxy groups -OCH3 is 1. The Morgan fingerprint density at radius 2 is 1.83 bits per heavy atom. The van der Waals surface area contributed by atoms with Crippen molar-refractivity contribution in [3.63, 3.8) is 0 Å². The number of nitrogens with one attached hydrogen (secondary N) is 2. The van der Waals surface area contributed by atoms with Gasteiger partial charge in [0.1, 0.15) is 18.2 Å². The number of urea groups is 1. The highest BCUT2D eigenvalue weighted by Gasteiger charge is 2.29. The number of carbonyl (C=O) groups excluding carboxylic acids is 3. The summed E-state index contributed by atoms with van der Waals surface area (Å²) in [7, 11) is 3.27. The lowest BCUT2D eigenvalue weighted by atomic mass is 10.0. The van der Waals surface area contributed by atoms with Crippen LogP contribution in [-0.4, -0.2) is 73.6 Å². The number of halogens is 1. The van der Waals surface area contributed by atoms with Crippen LogP contribution in [-0.2, 0) is 9.53 Å². The topological polar surface area (TPSA) is 100 Å². The first-order chi connectivity index (χ1) is 17.1. The van der Waals surface area contributed by atoms with Crippen LogP contribution < -0.4 is 15.4 Å². The Hall–Kier alpha value is -3.66. The van der Waals surface area contributed by atoms with E-state index in [0.717, 1.165) is 0 Å². The van der Waals surface area contributed by atoms with Gasteiger partial charge in [0.15, 0.2) is 0 Å². The summed E-state index contributed by atoms with van der Waals surface area (Å²) in [5.74, 6) is -0.675. The van der Waals surface area contributed by atoms with Crippen molar-refractivity contribution in [3.8, 4) is 5.75 Å². The lowest BCUT2D eigenvalue weighted by Crippen LogP contribution is -2.48. The van der Waals surface area contributed by atoms with E-state index >= 15 is 0 Å². The maximum absolute atomic E-state index is 13.9. The van der Waals surface area contributed by atoms with E-state index < -0.39 is 11.8 Å². The SMILES string of the molecule is CO[C@H]1CN(C)C(=O)c2ccc(NC(=O)Nc3ccccc3F)cc2OC[C@@H](C)N(C(C)=O)C[C@@H]1C. The predicted octanol–water partition coefficient (Wildman–Crippen LogP) is 3.82. The normalized spacial score (nSPS) is 20.9. The number of anilines is 2. The van der Waals surface area contributed by atoms with Crippen LogP contribution in [0.4, 0.5) is 20.6 Å². The molecule has 36 heavy (non-hydrogen) atoms. The number of likely N-dealkylation sites (N-methyl/N-ethyl adjacent to an activating group) is 1. The summed E-state index contributed by atoms with van der Waals surface area (Å²) in [6.07, 6.45) is -0.278. The van der Waals surface area contributed by atoms with Crippen LogP contribution >= 0.6 is 0 Å². The van der Waals surface area contributed by atoms with E-state index in [1.807, 2.05) is 13.8 Å². The third-order valence-electron chi connectivity index (χ3n) is 6.23.